The molecule has 0 bridgehead atoms. The van der Waals surface area contributed by atoms with Crippen molar-refractivity contribution < 1.29 is 0 Å². The van der Waals surface area contributed by atoms with Crippen molar-refractivity contribution >= 4 is 81.6 Å². The van der Waals surface area contributed by atoms with E-state index in [0.29, 0.717) is 5.69 Å². The van der Waals surface area contributed by atoms with E-state index in [9.17, 15) is 0 Å². The zero-order valence-corrected chi connectivity index (χ0v) is 36.7. The number of rotatable bonds is 6. The van der Waals surface area contributed by atoms with Crippen LogP contribution in [0, 0.1) is 6.57 Å². The summed E-state index contributed by atoms with van der Waals surface area (Å²) in [5.41, 5.74) is 15.4. The highest BCUT2D eigenvalue weighted by molar-refractivity contribution is 6.32. The zero-order chi connectivity index (χ0) is 44.9. The normalized spacial score (nSPS) is 11.8. The van der Waals surface area contributed by atoms with E-state index >= 15 is 0 Å². The van der Waals surface area contributed by atoms with Crippen LogP contribution >= 0.6 is 0 Å². The Hall–Kier alpha value is -9.30. The molecule has 12 aromatic carbocycles. The molecule has 0 atom stereocenters. The summed E-state index contributed by atoms with van der Waals surface area (Å²) in [6.07, 6.45) is 0. The number of fused-ring (bicyclic) bond motifs is 4. The molecule has 14 rings (SSSR count). The first-order chi connectivity index (χ1) is 33.7. The summed E-state index contributed by atoms with van der Waals surface area (Å²) in [5, 5.41) is 11.7. The maximum atomic E-state index is 8.08. The quantitative estimate of drug-likeness (QED) is 0.0929. The van der Waals surface area contributed by atoms with E-state index in [1.165, 1.54) is 70.9 Å². The molecular formula is C64H38N4. The number of nitrogens with zero attached hydrogens (tertiary/aromatic N) is 4. The van der Waals surface area contributed by atoms with Gasteiger partial charge in [0.05, 0.1) is 28.6 Å². The highest BCUT2D eigenvalue weighted by atomic mass is 15.1. The molecule has 0 N–H and O–H groups in total. The standard InChI is InChI=1S/C64H38N4/c1-65-55-37-39-59-63-54(55)35-34-53-52(36-38-58(62(53)63)67(59)42-16-4-2-5-17-42)61-49-24-12-10-22-47(49)60(48-23-11-13-25-50(48)61)51-33-32-44(45-20-8-9-21-46(45)51)40-28-30-41(31-29-40)64-66-56-26-14-15-27-57(56)68(64)43-18-6-3-7-19-43/h2-39H. The molecule has 0 spiro atoms. The molecule has 2 heterocycles. The van der Waals surface area contributed by atoms with E-state index in [1.54, 1.807) is 0 Å². The van der Waals surface area contributed by atoms with Gasteiger partial charge < -0.3 is 4.57 Å². The number of hydrogen-bond donors (Lipinski definition) is 0. The molecule has 0 unspecified atom stereocenters. The predicted octanol–water partition coefficient (Wildman–Crippen LogP) is 17.4. The number of hydrogen-bond acceptors (Lipinski definition) is 1. The number of para-hydroxylation sites is 4. The maximum absolute atomic E-state index is 8.08. The summed E-state index contributed by atoms with van der Waals surface area (Å²) in [6, 6.07) is 82.8. The van der Waals surface area contributed by atoms with Gasteiger partial charge in [-0.15, -0.1) is 0 Å². The van der Waals surface area contributed by atoms with Crippen LogP contribution in [0.15, 0.2) is 231 Å². The third kappa shape index (κ3) is 5.51. The Labute approximate surface area is 392 Å². The van der Waals surface area contributed by atoms with Gasteiger partial charge in [0, 0.05) is 27.7 Å². The lowest BCUT2D eigenvalue weighted by molar-refractivity contribution is 1.10. The lowest BCUT2D eigenvalue weighted by Crippen LogP contribution is -1.97. The van der Waals surface area contributed by atoms with Gasteiger partial charge in [0.1, 0.15) is 5.82 Å². The van der Waals surface area contributed by atoms with E-state index in [0.717, 1.165) is 61.2 Å². The minimum atomic E-state index is 0.674. The molecule has 0 aliphatic rings. The number of aromatic nitrogens is 3. The van der Waals surface area contributed by atoms with Crippen LogP contribution in [-0.4, -0.2) is 14.1 Å². The molecule has 4 heteroatoms. The van der Waals surface area contributed by atoms with Crippen LogP contribution in [0.1, 0.15) is 0 Å². The second kappa shape index (κ2) is 14.9. The number of imidazole rings is 1. The van der Waals surface area contributed by atoms with Crippen LogP contribution in [0.4, 0.5) is 5.69 Å². The summed E-state index contributed by atoms with van der Waals surface area (Å²) in [5.74, 6) is 0.921. The van der Waals surface area contributed by atoms with Gasteiger partial charge in [0.25, 0.3) is 0 Å². The SMILES string of the molecule is [C-]#[N+]c1ccc2c3c1ccc1c(-c4c5ccccc5c(-c5ccc(-c6ccc(-c7nc8ccccc8n7-c7ccccc7)cc6)c6ccccc56)c5ccccc45)ccc(c13)n2-c1ccccc1. The van der Waals surface area contributed by atoms with Gasteiger partial charge in [-0.25, -0.2) is 9.83 Å². The first-order valence-electron chi connectivity index (χ1n) is 23.1. The van der Waals surface area contributed by atoms with E-state index in [2.05, 4.69) is 238 Å². The maximum Gasteiger partial charge on any atom is 0.195 e. The molecule has 314 valence electrons. The van der Waals surface area contributed by atoms with Crippen molar-refractivity contribution in [3.05, 3.63) is 242 Å². The fourth-order valence-corrected chi connectivity index (χ4v) is 11.2. The molecular weight excluding hydrogens is 825 g/mol. The molecule has 0 amide bonds. The fourth-order valence-electron chi connectivity index (χ4n) is 11.2. The summed E-state index contributed by atoms with van der Waals surface area (Å²) in [4.78, 5) is 9.11. The minimum absolute atomic E-state index is 0.674. The second-order valence-corrected chi connectivity index (χ2v) is 17.6. The lowest BCUT2D eigenvalue weighted by atomic mass is 9.82. The van der Waals surface area contributed by atoms with E-state index < -0.39 is 0 Å². The molecule has 14 aromatic rings. The molecule has 0 fully saturated rings. The first-order valence-corrected chi connectivity index (χ1v) is 23.1. The molecule has 2 aromatic heterocycles. The Morgan fingerprint density at radius 2 is 0.779 bits per heavy atom. The van der Waals surface area contributed by atoms with E-state index in [4.69, 9.17) is 11.6 Å². The average molecular weight is 863 g/mol. The Balaban J connectivity index is 0.954. The van der Waals surface area contributed by atoms with Gasteiger partial charge in [0.15, 0.2) is 5.69 Å². The van der Waals surface area contributed by atoms with Gasteiger partial charge in [-0.3, -0.25) is 4.57 Å². The Kier molecular flexibility index (Phi) is 8.31. The van der Waals surface area contributed by atoms with Gasteiger partial charge in [0.2, 0.25) is 0 Å². The lowest BCUT2D eigenvalue weighted by Gasteiger charge is -2.20. The molecule has 0 saturated heterocycles. The van der Waals surface area contributed by atoms with E-state index in [1.807, 2.05) is 6.07 Å². The Bertz CT molecular complexity index is 4300. The summed E-state index contributed by atoms with van der Waals surface area (Å²) in [7, 11) is 0. The highest BCUT2D eigenvalue weighted by Crippen LogP contribution is 2.50. The topological polar surface area (TPSA) is 27.1 Å². The molecule has 0 radical (unpaired) electrons. The summed E-state index contributed by atoms with van der Waals surface area (Å²) in [6.45, 7) is 8.08. The van der Waals surface area contributed by atoms with Gasteiger partial charge in [-0.2, -0.15) is 0 Å². The summed E-state index contributed by atoms with van der Waals surface area (Å²) < 4.78 is 4.61. The molecule has 0 aliphatic carbocycles. The molecule has 4 nitrogen and oxygen atoms in total. The highest BCUT2D eigenvalue weighted by Gasteiger charge is 2.24. The summed E-state index contributed by atoms with van der Waals surface area (Å²) >= 11 is 0. The van der Waals surface area contributed by atoms with Crippen LogP contribution < -0.4 is 0 Å². The van der Waals surface area contributed by atoms with Crippen LogP contribution in [0.5, 0.6) is 0 Å². The minimum Gasteiger partial charge on any atom is -0.309 e. The van der Waals surface area contributed by atoms with Crippen LogP contribution in [0.25, 0.3) is 137 Å². The zero-order valence-electron chi connectivity index (χ0n) is 36.7. The van der Waals surface area contributed by atoms with Crippen LogP contribution in [0.3, 0.4) is 0 Å². The van der Waals surface area contributed by atoms with Crippen molar-refractivity contribution in [3.63, 3.8) is 0 Å². The van der Waals surface area contributed by atoms with E-state index in [-0.39, 0.29) is 0 Å². The van der Waals surface area contributed by atoms with Crippen molar-refractivity contribution in [3.8, 4) is 56.1 Å². The molecule has 0 aliphatic heterocycles. The third-order valence-corrected chi connectivity index (χ3v) is 14.1. The first kappa shape index (κ1) is 38.0. The van der Waals surface area contributed by atoms with Gasteiger partial charge >= 0.3 is 0 Å². The smallest absolute Gasteiger partial charge is 0.195 e. The second-order valence-electron chi connectivity index (χ2n) is 17.6. The van der Waals surface area contributed by atoms with Crippen molar-refractivity contribution in [2.45, 2.75) is 0 Å². The largest absolute Gasteiger partial charge is 0.309 e. The average Bonchev–Trinajstić information content (AvgIpc) is 3.97. The number of benzene rings is 12. The fraction of sp³-hybridized carbons (Fsp3) is 0. The van der Waals surface area contributed by atoms with Crippen LogP contribution in [-0.2, 0) is 0 Å². The van der Waals surface area contributed by atoms with Crippen molar-refractivity contribution in [1.82, 2.24) is 14.1 Å². The molecule has 0 saturated carbocycles. The van der Waals surface area contributed by atoms with Crippen molar-refractivity contribution in [2.75, 3.05) is 0 Å². The van der Waals surface area contributed by atoms with Gasteiger partial charge in [-0.05, 0) is 125 Å². The third-order valence-electron chi connectivity index (χ3n) is 14.1. The predicted molar refractivity (Wildman–Crippen MR) is 285 cm³/mol. The molecule has 68 heavy (non-hydrogen) atoms. The van der Waals surface area contributed by atoms with Gasteiger partial charge in [-0.1, -0.05) is 182 Å². The van der Waals surface area contributed by atoms with Crippen LogP contribution in [0.2, 0.25) is 0 Å². The Morgan fingerprint density at radius 1 is 0.324 bits per heavy atom. The monoisotopic (exact) mass is 862 g/mol. The van der Waals surface area contributed by atoms with Crippen molar-refractivity contribution in [2.24, 2.45) is 0 Å². The van der Waals surface area contributed by atoms with Crippen molar-refractivity contribution in [1.29, 1.82) is 0 Å². The Morgan fingerprint density at radius 3 is 1.41 bits per heavy atom.